The van der Waals surface area contributed by atoms with E-state index in [9.17, 15) is 4.79 Å². The van der Waals surface area contributed by atoms with E-state index >= 15 is 0 Å². The first-order chi connectivity index (χ1) is 9.65. The van der Waals surface area contributed by atoms with Gasteiger partial charge in [0, 0.05) is 6.92 Å². The van der Waals surface area contributed by atoms with E-state index < -0.39 is 5.91 Å². The highest BCUT2D eigenvalue weighted by Crippen LogP contribution is 2.33. The molecule has 1 amide bonds. The summed E-state index contributed by atoms with van der Waals surface area (Å²) >= 11 is 0. The van der Waals surface area contributed by atoms with Crippen molar-refractivity contribution in [1.82, 2.24) is 25.2 Å². The highest BCUT2D eigenvalue weighted by Gasteiger charge is 2.31. The van der Waals surface area contributed by atoms with Gasteiger partial charge in [-0.1, -0.05) is 5.16 Å². The quantitative estimate of drug-likeness (QED) is 0.842. The highest BCUT2D eigenvalue weighted by molar-refractivity contribution is 5.93. The fourth-order valence-electron chi connectivity index (χ4n) is 2.68. The number of nitrogens with one attached hydrogen (secondary N) is 1. The number of aromatic amines is 1. The van der Waals surface area contributed by atoms with Crippen LogP contribution in [0.5, 0.6) is 0 Å². The summed E-state index contributed by atoms with van der Waals surface area (Å²) in [4.78, 5) is 17.8. The number of H-pyrrole nitrogens is 1. The van der Waals surface area contributed by atoms with Gasteiger partial charge in [0.05, 0.1) is 30.0 Å². The van der Waals surface area contributed by atoms with Crippen molar-refractivity contribution in [3.05, 3.63) is 29.2 Å². The first kappa shape index (κ1) is 12.8. The molecule has 0 saturated carbocycles. The van der Waals surface area contributed by atoms with E-state index in [-0.39, 0.29) is 6.04 Å². The van der Waals surface area contributed by atoms with Gasteiger partial charge in [-0.25, -0.2) is 0 Å². The Morgan fingerprint density at radius 1 is 1.65 bits per heavy atom. The zero-order chi connectivity index (χ0) is 14.1. The number of primary amides is 1. The number of nitrogens with zero attached hydrogens (tertiary/aromatic N) is 4. The lowest BCUT2D eigenvalue weighted by Gasteiger charge is -2.22. The van der Waals surface area contributed by atoms with Crippen LogP contribution in [0.3, 0.4) is 0 Å². The second kappa shape index (κ2) is 5.04. The molecule has 3 heterocycles. The fraction of sp³-hybridized carbons (Fsp3) is 0.500. The maximum atomic E-state index is 11.4. The third-order valence-electron chi connectivity index (χ3n) is 3.55. The molecule has 0 aromatic carbocycles. The highest BCUT2D eigenvalue weighted by atomic mass is 16.5. The van der Waals surface area contributed by atoms with E-state index in [4.69, 9.17) is 10.3 Å². The Morgan fingerprint density at radius 2 is 2.50 bits per heavy atom. The first-order valence-electron chi connectivity index (χ1n) is 6.51. The number of nitrogens with two attached hydrogens (primary N) is 1. The summed E-state index contributed by atoms with van der Waals surface area (Å²) in [6.45, 7) is 3.26. The van der Waals surface area contributed by atoms with Crippen molar-refractivity contribution >= 4 is 5.91 Å². The molecule has 1 aliphatic heterocycles. The lowest BCUT2D eigenvalue weighted by atomic mass is 10.1. The zero-order valence-electron chi connectivity index (χ0n) is 11.2. The third-order valence-corrected chi connectivity index (χ3v) is 3.55. The van der Waals surface area contributed by atoms with Gasteiger partial charge in [-0.05, 0) is 19.4 Å². The predicted octanol–water partition coefficient (Wildman–Crippen LogP) is 0.537. The SMILES string of the molecule is Cc1nc(CN2CCC[C@H]2c2[nH]ncc2C(N)=O)no1. The van der Waals surface area contributed by atoms with Gasteiger partial charge in [0.1, 0.15) is 0 Å². The zero-order valence-corrected chi connectivity index (χ0v) is 11.2. The number of aromatic nitrogens is 4. The van der Waals surface area contributed by atoms with Crippen LogP contribution in [-0.2, 0) is 6.54 Å². The molecule has 1 atom stereocenters. The summed E-state index contributed by atoms with van der Waals surface area (Å²) in [7, 11) is 0. The molecule has 8 heteroatoms. The summed E-state index contributed by atoms with van der Waals surface area (Å²) in [6, 6.07) is 0.0822. The maximum absolute atomic E-state index is 11.4. The Labute approximate surface area is 115 Å². The average Bonchev–Trinajstić information content (AvgIpc) is 3.09. The van der Waals surface area contributed by atoms with Gasteiger partial charge in [-0.15, -0.1) is 0 Å². The van der Waals surface area contributed by atoms with Crippen LogP contribution in [0.15, 0.2) is 10.7 Å². The number of aryl methyl sites for hydroxylation is 1. The third kappa shape index (κ3) is 2.29. The van der Waals surface area contributed by atoms with Gasteiger partial charge in [0.2, 0.25) is 5.89 Å². The van der Waals surface area contributed by atoms with Crippen molar-refractivity contribution in [3.8, 4) is 0 Å². The molecule has 1 aliphatic rings. The molecule has 0 radical (unpaired) electrons. The van der Waals surface area contributed by atoms with Crippen LogP contribution in [0.2, 0.25) is 0 Å². The van der Waals surface area contributed by atoms with Gasteiger partial charge in [0.25, 0.3) is 5.91 Å². The molecule has 106 valence electrons. The number of likely N-dealkylation sites (tertiary alicyclic amines) is 1. The lowest BCUT2D eigenvalue weighted by molar-refractivity contribution is 0.0997. The molecule has 20 heavy (non-hydrogen) atoms. The van der Waals surface area contributed by atoms with Crippen LogP contribution in [0, 0.1) is 6.92 Å². The van der Waals surface area contributed by atoms with E-state index in [1.54, 1.807) is 6.92 Å². The molecule has 2 aromatic rings. The van der Waals surface area contributed by atoms with Gasteiger partial charge in [-0.2, -0.15) is 10.1 Å². The molecular formula is C12H16N6O2. The molecule has 0 aliphatic carbocycles. The van der Waals surface area contributed by atoms with E-state index in [1.807, 2.05) is 0 Å². The number of carbonyl (C=O) groups excluding carboxylic acids is 1. The summed E-state index contributed by atoms with van der Waals surface area (Å²) < 4.78 is 4.98. The van der Waals surface area contributed by atoms with Crippen molar-refractivity contribution in [3.63, 3.8) is 0 Å². The Balaban J connectivity index is 1.81. The summed E-state index contributed by atoms with van der Waals surface area (Å²) in [5, 5.41) is 10.7. The molecule has 0 bridgehead atoms. The minimum Gasteiger partial charge on any atom is -0.365 e. The second-order valence-electron chi connectivity index (χ2n) is 4.92. The number of carbonyl (C=O) groups is 1. The molecule has 0 unspecified atom stereocenters. The van der Waals surface area contributed by atoms with Crippen molar-refractivity contribution in [2.24, 2.45) is 5.73 Å². The Bertz CT molecular complexity index is 619. The van der Waals surface area contributed by atoms with Crippen LogP contribution in [0.25, 0.3) is 0 Å². The van der Waals surface area contributed by atoms with Crippen LogP contribution >= 0.6 is 0 Å². The summed E-state index contributed by atoms with van der Waals surface area (Å²) in [5.41, 5.74) is 6.59. The summed E-state index contributed by atoms with van der Waals surface area (Å²) in [5.74, 6) is 0.737. The Kier molecular flexibility index (Phi) is 3.23. The predicted molar refractivity (Wildman–Crippen MR) is 68.5 cm³/mol. The van der Waals surface area contributed by atoms with Crippen molar-refractivity contribution in [2.75, 3.05) is 6.54 Å². The van der Waals surface area contributed by atoms with Gasteiger partial charge >= 0.3 is 0 Å². The minimum absolute atomic E-state index is 0.0822. The van der Waals surface area contributed by atoms with Gasteiger partial charge in [-0.3, -0.25) is 14.8 Å². The molecule has 3 N–H and O–H groups in total. The molecule has 3 rings (SSSR count). The fourth-order valence-corrected chi connectivity index (χ4v) is 2.68. The van der Waals surface area contributed by atoms with Crippen LogP contribution in [-0.4, -0.2) is 37.7 Å². The van der Waals surface area contributed by atoms with Gasteiger partial charge in [0.15, 0.2) is 5.82 Å². The Morgan fingerprint density at radius 3 is 3.20 bits per heavy atom. The van der Waals surface area contributed by atoms with E-state index in [2.05, 4.69) is 25.2 Å². The van der Waals surface area contributed by atoms with Crippen molar-refractivity contribution < 1.29 is 9.32 Å². The van der Waals surface area contributed by atoms with E-state index in [0.29, 0.717) is 23.8 Å². The normalized spacial score (nSPS) is 19.6. The summed E-state index contributed by atoms with van der Waals surface area (Å²) in [6.07, 6.45) is 3.46. The molecular weight excluding hydrogens is 260 g/mol. The number of amides is 1. The maximum Gasteiger partial charge on any atom is 0.252 e. The first-order valence-corrected chi connectivity index (χ1v) is 6.51. The van der Waals surface area contributed by atoms with Crippen LogP contribution < -0.4 is 5.73 Å². The molecule has 1 fully saturated rings. The van der Waals surface area contributed by atoms with Crippen LogP contribution in [0.1, 0.15) is 46.7 Å². The molecule has 2 aromatic heterocycles. The Hall–Kier alpha value is -2.22. The lowest BCUT2D eigenvalue weighted by Crippen LogP contribution is -2.25. The average molecular weight is 276 g/mol. The van der Waals surface area contributed by atoms with Crippen molar-refractivity contribution in [2.45, 2.75) is 32.4 Å². The molecule has 0 spiro atoms. The largest absolute Gasteiger partial charge is 0.365 e. The van der Waals surface area contributed by atoms with E-state index in [0.717, 1.165) is 25.1 Å². The molecule has 1 saturated heterocycles. The van der Waals surface area contributed by atoms with Crippen molar-refractivity contribution in [1.29, 1.82) is 0 Å². The molecule has 8 nitrogen and oxygen atoms in total. The smallest absolute Gasteiger partial charge is 0.252 e. The minimum atomic E-state index is -0.462. The second-order valence-corrected chi connectivity index (χ2v) is 4.92. The number of rotatable bonds is 4. The topological polar surface area (TPSA) is 114 Å². The number of hydrogen-bond donors (Lipinski definition) is 2. The standard InChI is InChI=1S/C12H16N6O2/c1-7-15-10(17-20-7)6-18-4-2-3-9(18)11-8(12(13)19)5-14-16-11/h5,9H,2-4,6H2,1H3,(H2,13,19)(H,14,16)/t9-/m0/s1. The van der Waals surface area contributed by atoms with E-state index in [1.165, 1.54) is 6.20 Å². The van der Waals surface area contributed by atoms with Crippen LogP contribution in [0.4, 0.5) is 0 Å². The number of hydrogen-bond acceptors (Lipinski definition) is 6. The monoisotopic (exact) mass is 276 g/mol. The van der Waals surface area contributed by atoms with Gasteiger partial charge < -0.3 is 10.3 Å².